The Labute approximate surface area is 215 Å². The average molecular weight is 517 g/mol. The Hall–Kier alpha value is -2.00. The maximum absolute atomic E-state index is 12.8. The maximum atomic E-state index is 12.8. The number of thiophene rings is 1. The van der Waals surface area contributed by atoms with Gasteiger partial charge in [0, 0.05) is 17.6 Å². The first kappa shape index (κ1) is 24.7. The first-order valence-corrected chi connectivity index (χ1v) is 13.7. The molecule has 5 atom stereocenters. The quantitative estimate of drug-likeness (QED) is 0.446. The Morgan fingerprint density at radius 3 is 2.77 bits per heavy atom. The zero-order valence-corrected chi connectivity index (χ0v) is 22.2. The Balaban J connectivity index is 1.43. The minimum absolute atomic E-state index is 0.0161. The van der Waals surface area contributed by atoms with Gasteiger partial charge in [-0.3, -0.25) is 4.79 Å². The van der Waals surface area contributed by atoms with Crippen molar-refractivity contribution in [1.82, 2.24) is 19.9 Å². The van der Waals surface area contributed by atoms with Gasteiger partial charge >= 0.3 is 0 Å². The van der Waals surface area contributed by atoms with Crippen molar-refractivity contribution in [2.75, 3.05) is 6.54 Å². The molecule has 1 saturated carbocycles. The summed E-state index contributed by atoms with van der Waals surface area (Å²) in [4.78, 5) is 23.6. The summed E-state index contributed by atoms with van der Waals surface area (Å²) in [6.07, 6.45) is 6.75. The number of halogens is 1. The zero-order valence-electron chi connectivity index (χ0n) is 20.7. The van der Waals surface area contributed by atoms with Gasteiger partial charge in [-0.25, -0.2) is 9.97 Å². The number of nitrogens with zero attached hydrogens (tertiary/aromatic N) is 3. The van der Waals surface area contributed by atoms with E-state index in [9.17, 15) is 4.79 Å². The molecule has 0 spiro atoms. The van der Waals surface area contributed by atoms with Crippen LogP contribution in [0.1, 0.15) is 57.0 Å². The molecular formula is C26H33ClN4O3S. The maximum Gasteiger partial charge on any atom is 0.225 e. The van der Waals surface area contributed by atoms with E-state index in [0.717, 1.165) is 35.4 Å². The number of rotatable bonds is 8. The fraction of sp³-hybridized carbons (Fsp3) is 0.577. The minimum Gasteiger partial charge on any atom is -0.356 e. The highest BCUT2D eigenvalue weighted by Crippen LogP contribution is 2.47. The fourth-order valence-corrected chi connectivity index (χ4v) is 6.82. The van der Waals surface area contributed by atoms with Crippen LogP contribution in [0, 0.1) is 11.8 Å². The minimum atomic E-state index is -0.731. The lowest BCUT2D eigenvalue weighted by Gasteiger charge is -2.24. The smallest absolute Gasteiger partial charge is 0.225 e. The predicted molar refractivity (Wildman–Crippen MR) is 138 cm³/mol. The number of amides is 1. The largest absolute Gasteiger partial charge is 0.356 e. The Kier molecular flexibility index (Phi) is 6.92. The van der Waals surface area contributed by atoms with Crippen LogP contribution in [0.4, 0.5) is 0 Å². The SMILES string of the molecule is CCNC(=O)[C@H]1CC(n2cnc3c(C[C@H](CC)Cc4sccc4Cl)ccnc32)[C@@H]2OC(C)(C)O[C@H]12. The van der Waals surface area contributed by atoms with Crippen LogP contribution in [0.3, 0.4) is 0 Å². The van der Waals surface area contributed by atoms with Crippen LogP contribution in [0.15, 0.2) is 30.0 Å². The van der Waals surface area contributed by atoms with Crippen molar-refractivity contribution in [1.29, 1.82) is 0 Å². The molecule has 35 heavy (non-hydrogen) atoms. The lowest BCUT2D eigenvalue weighted by Crippen LogP contribution is -2.37. The second-order valence-electron chi connectivity index (χ2n) is 10.0. The van der Waals surface area contributed by atoms with Crippen molar-refractivity contribution >= 4 is 40.0 Å². The first-order chi connectivity index (χ1) is 16.8. The fourth-order valence-electron chi connectivity index (χ4n) is 5.59. The number of aromatic nitrogens is 3. The highest BCUT2D eigenvalue weighted by atomic mass is 35.5. The van der Waals surface area contributed by atoms with Gasteiger partial charge in [0.1, 0.15) is 17.7 Å². The number of pyridine rings is 1. The van der Waals surface area contributed by atoms with E-state index in [4.69, 9.17) is 31.0 Å². The van der Waals surface area contributed by atoms with E-state index >= 15 is 0 Å². The Morgan fingerprint density at radius 1 is 1.26 bits per heavy atom. The summed E-state index contributed by atoms with van der Waals surface area (Å²) < 4.78 is 14.6. The van der Waals surface area contributed by atoms with Crippen molar-refractivity contribution in [3.63, 3.8) is 0 Å². The number of fused-ring (bicyclic) bond motifs is 2. The van der Waals surface area contributed by atoms with Crippen molar-refractivity contribution in [3.05, 3.63) is 45.5 Å². The molecule has 0 bridgehead atoms. The molecular weight excluding hydrogens is 484 g/mol. The van der Waals surface area contributed by atoms with E-state index in [1.807, 2.05) is 39.4 Å². The van der Waals surface area contributed by atoms with Gasteiger partial charge in [-0.1, -0.05) is 24.9 Å². The number of ether oxygens (including phenoxy) is 2. The van der Waals surface area contributed by atoms with Crippen molar-refractivity contribution in [2.24, 2.45) is 11.8 Å². The van der Waals surface area contributed by atoms with E-state index in [1.54, 1.807) is 11.3 Å². The zero-order chi connectivity index (χ0) is 24.7. The van der Waals surface area contributed by atoms with Crippen LogP contribution >= 0.6 is 22.9 Å². The van der Waals surface area contributed by atoms with Crippen LogP contribution in [0.25, 0.3) is 11.2 Å². The Bertz CT molecular complexity index is 1210. The van der Waals surface area contributed by atoms with Crippen molar-refractivity contribution in [2.45, 2.75) is 77.4 Å². The molecule has 2 fully saturated rings. The van der Waals surface area contributed by atoms with E-state index < -0.39 is 5.79 Å². The molecule has 4 heterocycles. The molecule has 1 saturated heterocycles. The monoisotopic (exact) mass is 516 g/mol. The third-order valence-electron chi connectivity index (χ3n) is 7.28. The van der Waals surface area contributed by atoms with Gasteiger partial charge in [-0.15, -0.1) is 11.3 Å². The molecule has 1 amide bonds. The first-order valence-electron chi connectivity index (χ1n) is 12.5. The summed E-state index contributed by atoms with van der Waals surface area (Å²) in [7, 11) is 0. The average Bonchev–Trinajstić information content (AvgIpc) is 3.57. The van der Waals surface area contributed by atoms with Gasteiger partial charge in [-0.05, 0) is 69.0 Å². The molecule has 5 rings (SSSR count). The highest BCUT2D eigenvalue weighted by Gasteiger charge is 2.56. The third kappa shape index (κ3) is 4.73. The Morgan fingerprint density at radius 2 is 2.06 bits per heavy atom. The normalized spacial score (nSPS) is 26.2. The van der Waals surface area contributed by atoms with E-state index in [1.165, 1.54) is 10.4 Å². The molecule has 1 aliphatic heterocycles. The molecule has 1 aliphatic carbocycles. The van der Waals surface area contributed by atoms with Crippen LogP contribution in [0.2, 0.25) is 5.02 Å². The lowest BCUT2D eigenvalue weighted by atomic mass is 9.93. The number of hydrogen-bond acceptors (Lipinski definition) is 6. The summed E-state index contributed by atoms with van der Waals surface area (Å²) in [5.41, 5.74) is 2.94. The predicted octanol–water partition coefficient (Wildman–Crippen LogP) is 5.17. The molecule has 1 unspecified atom stereocenters. The van der Waals surface area contributed by atoms with Crippen molar-refractivity contribution in [3.8, 4) is 0 Å². The molecule has 3 aromatic heterocycles. The molecule has 9 heteroatoms. The standard InChI is InChI=1S/C26H33ClN4O3S/c1-5-15(12-20-18(27)8-10-35-20)11-16-7-9-29-24-21(16)30-14-31(24)19-13-17(25(32)28-6-2)22-23(19)34-26(3,4)33-22/h7-10,14-15,17,19,22-23H,5-6,11-13H2,1-4H3,(H,28,32)/t15-,17-,19?,22+,23-/m0/s1. The third-order valence-corrected chi connectivity index (χ3v) is 8.68. The molecule has 7 nitrogen and oxygen atoms in total. The molecule has 188 valence electrons. The number of hydrogen-bond donors (Lipinski definition) is 1. The van der Waals surface area contributed by atoms with Gasteiger partial charge in [0.15, 0.2) is 11.4 Å². The van der Waals surface area contributed by atoms with Gasteiger partial charge in [0.25, 0.3) is 0 Å². The second kappa shape index (κ2) is 9.81. The molecule has 0 radical (unpaired) electrons. The summed E-state index contributed by atoms with van der Waals surface area (Å²) in [5.74, 6) is -0.521. The summed E-state index contributed by atoms with van der Waals surface area (Å²) in [6, 6.07) is 3.97. The number of imidazole rings is 1. The molecule has 3 aromatic rings. The second-order valence-corrected chi connectivity index (χ2v) is 11.4. The topological polar surface area (TPSA) is 78.3 Å². The lowest BCUT2D eigenvalue weighted by molar-refractivity contribution is -0.163. The van der Waals surface area contributed by atoms with Crippen LogP contribution < -0.4 is 5.32 Å². The van der Waals surface area contributed by atoms with Crippen molar-refractivity contribution < 1.29 is 14.3 Å². The van der Waals surface area contributed by atoms with E-state index in [-0.39, 0.29) is 30.1 Å². The molecule has 0 aromatic carbocycles. The van der Waals surface area contributed by atoms with Crippen LogP contribution in [-0.2, 0) is 27.1 Å². The number of carbonyl (C=O) groups excluding carboxylic acids is 1. The summed E-state index contributed by atoms with van der Waals surface area (Å²) >= 11 is 8.09. The van der Waals surface area contributed by atoms with Gasteiger partial charge in [-0.2, -0.15) is 0 Å². The summed E-state index contributed by atoms with van der Waals surface area (Å²) in [6.45, 7) is 8.56. The molecule has 2 aliphatic rings. The summed E-state index contributed by atoms with van der Waals surface area (Å²) in [5, 5.41) is 5.88. The number of nitrogens with one attached hydrogen (secondary N) is 1. The van der Waals surface area contributed by atoms with Gasteiger partial charge in [0.2, 0.25) is 5.91 Å². The van der Waals surface area contributed by atoms with Crippen LogP contribution in [-0.4, -0.2) is 45.0 Å². The van der Waals surface area contributed by atoms with E-state index in [0.29, 0.717) is 18.9 Å². The molecule has 1 N–H and O–H groups in total. The van der Waals surface area contributed by atoms with E-state index in [2.05, 4.69) is 28.3 Å². The van der Waals surface area contributed by atoms with Crippen LogP contribution in [0.5, 0.6) is 0 Å². The number of carbonyl (C=O) groups is 1. The highest BCUT2D eigenvalue weighted by molar-refractivity contribution is 7.10. The van der Waals surface area contributed by atoms with Gasteiger partial charge < -0.3 is 19.4 Å². The van der Waals surface area contributed by atoms with Gasteiger partial charge in [0.05, 0.1) is 23.3 Å².